The minimum Gasteiger partial charge on any atom is -0.253 e. The van der Waals surface area contributed by atoms with Crippen LogP contribution < -0.4 is 0 Å². The van der Waals surface area contributed by atoms with Crippen LogP contribution in [0, 0.1) is 12.8 Å². The van der Waals surface area contributed by atoms with Gasteiger partial charge in [0.2, 0.25) is 0 Å². The molecule has 3 aliphatic rings. The van der Waals surface area contributed by atoms with E-state index < -0.39 is 0 Å². The molecular formula is C56H40N2S. The third-order valence-electron chi connectivity index (χ3n) is 13.5. The van der Waals surface area contributed by atoms with Crippen molar-refractivity contribution in [2.75, 3.05) is 0 Å². The molecule has 1 fully saturated rings. The molecule has 8 aromatic carbocycles. The molecule has 0 radical (unpaired) electrons. The summed E-state index contributed by atoms with van der Waals surface area (Å²) in [7, 11) is 0. The van der Waals surface area contributed by atoms with Crippen molar-refractivity contribution in [1.82, 2.24) is 9.97 Å². The van der Waals surface area contributed by atoms with Crippen LogP contribution in [0.5, 0.6) is 0 Å². The number of hydrogen-bond donors (Lipinski definition) is 0. The first-order valence-corrected chi connectivity index (χ1v) is 22.0. The number of rotatable bonds is 6. The Kier molecular flexibility index (Phi) is 7.27. The summed E-state index contributed by atoms with van der Waals surface area (Å²) in [5, 5.41) is 7.90. The van der Waals surface area contributed by atoms with Gasteiger partial charge in [-0.1, -0.05) is 133 Å². The summed E-state index contributed by atoms with van der Waals surface area (Å²) in [6.45, 7) is 2.26. The number of aryl methyl sites for hydroxylation is 1. The lowest BCUT2D eigenvalue weighted by molar-refractivity contribution is 0.832. The third-order valence-corrected chi connectivity index (χ3v) is 14.7. The van der Waals surface area contributed by atoms with Crippen molar-refractivity contribution in [3.8, 4) is 44.8 Å². The molecule has 0 unspecified atom stereocenters. The summed E-state index contributed by atoms with van der Waals surface area (Å²) in [6.07, 6.45) is 6.26. The molecule has 2 nitrogen and oxygen atoms in total. The SMILES string of the molecule is Cc1ccccc1-c1c(Cc2nc3c(nc2-c2cccc4c2Cc2ccccc2-4)-c2cc(CC4CC4)ccc2C3)c2sc3ccc4ccccc4c3c2c2ccccc12. The Labute approximate surface area is 347 Å². The van der Waals surface area contributed by atoms with Gasteiger partial charge < -0.3 is 0 Å². The summed E-state index contributed by atoms with van der Waals surface area (Å²) in [5.74, 6) is 0.833. The van der Waals surface area contributed by atoms with Gasteiger partial charge in [0.05, 0.1) is 22.8 Å². The van der Waals surface area contributed by atoms with E-state index in [1.54, 1.807) is 0 Å². The highest BCUT2D eigenvalue weighted by atomic mass is 32.1. The molecule has 3 heteroatoms. The minimum atomic E-state index is 0.672. The summed E-state index contributed by atoms with van der Waals surface area (Å²) in [5.41, 5.74) is 20.2. The molecule has 59 heavy (non-hydrogen) atoms. The summed E-state index contributed by atoms with van der Waals surface area (Å²) >= 11 is 1.94. The topological polar surface area (TPSA) is 25.8 Å². The van der Waals surface area contributed by atoms with Crippen LogP contribution in [0.15, 0.2) is 146 Å². The Hall–Kier alpha value is -6.42. The highest BCUT2D eigenvalue weighted by molar-refractivity contribution is 7.26. The van der Waals surface area contributed by atoms with E-state index >= 15 is 0 Å². The lowest BCUT2D eigenvalue weighted by Crippen LogP contribution is -2.06. The average Bonchev–Trinajstić information content (AvgIpc) is 3.71. The maximum absolute atomic E-state index is 5.82. The third kappa shape index (κ3) is 5.17. The average molecular weight is 773 g/mol. The van der Waals surface area contributed by atoms with E-state index in [4.69, 9.17) is 9.97 Å². The first-order valence-electron chi connectivity index (χ1n) is 21.2. The fourth-order valence-electron chi connectivity index (χ4n) is 10.6. The number of aromatic nitrogens is 2. The molecule has 280 valence electrons. The smallest absolute Gasteiger partial charge is 0.0931 e. The molecule has 2 heterocycles. The van der Waals surface area contributed by atoms with Gasteiger partial charge >= 0.3 is 0 Å². The molecule has 0 N–H and O–H groups in total. The van der Waals surface area contributed by atoms with Gasteiger partial charge in [-0.25, -0.2) is 4.98 Å². The number of thiophene rings is 1. The fourth-order valence-corrected chi connectivity index (χ4v) is 11.8. The van der Waals surface area contributed by atoms with Crippen molar-refractivity contribution in [2.45, 2.75) is 45.4 Å². The maximum atomic E-state index is 5.82. The predicted octanol–water partition coefficient (Wildman–Crippen LogP) is 14.5. The van der Waals surface area contributed by atoms with Crippen LogP contribution in [-0.2, 0) is 25.7 Å². The summed E-state index contributed by atoms with van der Waals surface area (Å²) in [4.78, 5) is 11.6. The van der Waals surface area contributed by atoms with Gasteiger partial charge in [0, 0.05) is 44.1 Å². The van der Waals surface area contributed by atoms with E-state index in [0.717, 1.165) is 48.0 Å². The monoisotopic (exact) mass is 772 g/mol. The van der Waals surface area contributed by atoms with E-state index in [0.29, 0.717) is 6.42 Å². The van der Waals surface area contributed by atoms with Crippen molar-refractivity contribution in [3.63, 3.8) is 0 Å². The van der Waals surface area contributed by atoms with Crippen LogP contribution >= 0.6 is 11.3 Å². The zero-order valence-corrected chi connectivity index (χ0v) is 33.8. The number of hydrogen-bond acceptors (Lipinski definition) is 3. The standard InChI is InChI=1S/C56H40N2S/c1-32-11-2-5-14-38(32)51-42-17-8-9-18-43(42)53-52-40-16-7-3-12-35(40)25-26-50(52)59-56(53)47(51)31-49-54(44-20-10-19-41-39-15-6-4-13-36(39)29-46(41)44)58-55-45-28-34(27-33-21-22-33)23-24-37(45)30-48(55)57-49/h2-20,23-26,28,33H,21-22,27,29-31H2,1H3. The lowest BCUT2D eigenvalue weighted by atomic mass is 9.86. The summed E-state index contributed by atoms with van der Waals surface area (Å²) in [6, 6.07) is 54.5. The van der Waals surface area contributed by atoms with E-state index in [1.807, 2.05) is 11.3 Å². The molecular weight excluding hydrogens is 733 g/mol. The van der Waals surface area contributed by atoms with Crippen molar-refractivity contribution in [3.05, 3.63) is 190 Å². The second kappa shape index (κ2) is 12.8. The Morgan fingerprint density at radius 3 is 2.20 bits per heavy atom. The maximum Gasteiger partial charge on any atom is 0.0931 e. The molecule has 3 aliphatic carbocycles. The Balaban J connectivity index is 1.11. The Bertz CT molecular complexity index is 3420. The number of nitrogens with zero attached hydrogens (tertiary/aromatic N) is 2. The van der Waals surface area contributed by atoms with Crippen LogP contribution in [0.2, 0.25) is 0 Å². The molecule has 2 aromatic heterocycles. The van der Waals surface area contributed by atoms with Crippen molar-refractivity contribution >= 4 is 53.1 Å². The first-order chi connectivity index (χ1) is 29.1. The van der Waals surface area contributed by atoms with Gasteiger partial charge in [-0.15, -0.1) is 11.3 Å². The molecule has 0 amide bonds. The Morgan fingerprint density at radius 1 is 0.576 bits per heavy atom. The molecule has 0 atom stereocenters. The zero-order chi connectivity index (χ0) is 38.8. The van der Waals surface area contributed by atoms with Crippen LogP contribution in [0.1, 0.15) is 57.6 Å². The van der Waals surface area contributed by atoms with E-state index in [1.165, 1.54) is 121 Å². The number of fused-ring (bicyclic) bond motifs is 13. The van der Waals surface area contributed by atoms with Gasteiger partial charge in [0.1, 0.15) is 0 Å². The predicted molar refractivity (Wildman–Crippen MR) is 248 cm³/mol. The minimum absolute atomic E-state index is 0.672. The Morgan fingerprint density at radius 2 is 1.32 bits per heavy atom. The van der Waals surface area contributed by atoms with E-state index in [-0.39, 0.29) is 0 Å². The highest BCUT2D eigenvalue weighted by Gasteiger charge is 2.31. The second-order valence-electron chi connectivity index (χ2n) is 17.2. The zero-order valence-electron chi connectivity index (χ0n) is 33.0. The van der Waals surface area contributed by atoms with E-state index in [2.05, 4.69) is 153 Å². The van der Waals surface area contributed by atoms with Crippen LogP contribution in [0.3, 0.4) is 0 Å². The molecule has 0 aliphatic heterocycles. The molecule has 0 saturated heterocycles. The lowest BCUT2D eigenvalue weighted by Gasteiger charge is -2.20. The van der Waals surface area contributed by atoms with Gasteiger partial charge in [0.25, 0.3) is 0 Å². The van der Waals surface area contributed by atoms with Crippen LogP contribution in [0.25, 0.3) is 86.5 Å². The van der Waals surface area contributed by atoms with Crippen molar-refractivity contribution in [1.29, 1.82) is 0 Å². The molecule has 10 aromatic rings. The van der Waals surface area contributed by atoms with Crippen LogP contribution in [0.4, 0.5) is 0 Å². The van der Waals surface area contributed by atoms with Crippen molar-refractivity contribution < 1.29 is 0 Å². The van der Waals surface area contributed by atoms with Gasteiger partial charge in [0.15, 0.2) is 0 Å². The molecule has 1 saturated carbocycles. The molecule has 0 bridgehead atoms. The quantitative estimate of drug-likeness (QED) is 0.168. The van der Waals surface area contributed by atoms with Crippen LogP contribution in [-0.4, -0.2) is 9.97 Å². The largest absolute Gasteiger partial charge is 0.253 e. The second-order valence-corrected chi connectivity index (χ2v) is 18.2. The highest BCUT2D eigenvalue weighted by Crippen LogP contribution is 2.50. The fraction of sp³-hybridized carbons (Fsp3) is 0.143. The van der Waals surface area contributed by atoms with Gasteiger partial charge in [-0.3, -0.25) is 4.98 Å². The number of benzene rings is 8. The van der Waals surface area contributed by atoms with E-state index in [9.17, 15) is 0 Å². The van der Waals surface area contributed by atoms with Gasteiger partial charge in [-0.05, 0) is 128 Å². The van der Waals surface area contributed by atoms with Gasteiger partial charge in [-0.2, -0.15) is 0 Å². The summed E-state index contributed by atoms with van der Waals surface area (Å²) < 4.78 is 2.67. The van der Waals surface area contributed by atoms with Crippen molar-refractivity contribution in [2.24, 2.45) is 5.92 Å². The molecule has 13 rings (SSSR count). The normalized spacial score (nSPS) is 14.0. The molecule has 0 spiro atoms. The first kappa shape index (κ1) is 33.5.